The molecule has 0 aliphatic heterocycles. The molecule has 108 valence electrons. The second-order valence-corrected chi connectivity index (χ2v) is 6.43. The SMILES string of the molecule is Cc1csc([C@@H](C#N)C(=O)COc2ccc(Br)cc2Cl)n1. The molecule has 0 unspecified atom stereocenters. The Hall–Kier alpha value is -1.42. The van der Waals surface area contributed by atoms with Crippen LogP contribution in [0.15, 0.2) is 28.1 Å². The fourth-order valence-corrected chi connectivity index (χ4v) is 3.18. The topological polar surface area (TPSA) is 63.0 Å². The number of carbonyl (C=O) groups excluding carboxylic acids is 1. The summed E-state index contributed by atoms with van der Waals surface area (Å²) in [5, 5.41) is 11.9. The Morgan fingerprint density at radius 1 is 1.62 bits per heavy atom. The summed E-state index contributed by atoms with van der Waals surface area (Å²) >= 11 is 10.6. The summed E-state index contributed by atoms with van der Waals surface area (Å²) in [5.74, 6) is -0.844. The van der Waals surface area contributed by atoms with Gasteiger partial charge in [-0.05, 0) is 25.1 Å². The standard InChI is InChI=1S/C14H10BrClN2O2S/c1-8-7-21-14(18-8)10(5-17)12(19)6-20-13-3-2-9(15)4-11(13)16/h2-4,7,10H,6H2,1H3/t10-/m0/s1. The molecule has 0 aliphatic carbocycles. The van der Waals surface area contributed by atoms with E-state index in [1.54, 1.807) is 23.6 Å². The molecule has 0 bridgehead atoms. The normalized spacial score (nSPS) is 11.7. The largest absolute Gasteiger partial charge is 0.484 e. The summed E-state index contributed by atoms with van der Waals surface area (Å²) in [6.45, 7) is 1.59. The first-order valence-electron chi connectivity index (χ1n) is 5.93. The van der Waals surface area contributed by atoms with Crippen molar-refractivity contribution >= 4 is 44.7 Å². The van der Waals surface area contributed by atoms with Gasteiger partial charge < -0.3 is 4.74 Å². The van der Waals surface area contributed by atoms with Gasteiger partial charge in [-0.15, -0.1) is 11.3 Å². The summed E-state index contributed by atoms with van der Waals surface area (Å²) in [7, 11) is 0. The number of benzene rings is 1. The van der Waals surface area contributed by atoms with Crippen LogP contribution in [0.2, 0.25) is 5.02 Å². The fraction of sp³-hybridized carbons (Fsp3) is 0.214. The van der Waals surface area contributed by atoms with E-state index in [-0.39, 0.29) is 12.4 Å². The average Bonchev–Trinajstić information content (AvgIpc) is 2.85. The van der Waals surface area contributed by atoms with Crippen LogP contribution in [0.3, 0.4) is 0 Å². The third-order valence-electron chi connectivity index (χ3n) is 2.60. The summed E-state index contributed by atoms with van der Waals surface area (Å²) in [5.41, 5.74) is 0.792. The van der Waals surface area contributed by atoms with Crippen molar-refractivity contribution < 1.29 is 9.53 Å². The Labute approximate surface area is 139 Å². The lowest BCUT2D eigenvalue weighted by atomic mass is 10.1. The zero-order valence-electron chi connectivity index (χ0n) is 11.0. The molecular weight excluding hydrogens is 376 g/mol. The lowest BCUT2D eigenvalue weighted by molar-refractivity contribution is -0.121. The number of hydrogen-bond donors (Lipinski definition) is 0. The third kappa shape index (κ3) is 4.03. The van der Waals surface area contributed by atoms with E-state index in [9.17, 15) is 4.79 Å². The minimum absolute atomic E-state index is 0.224. The van der Waals surface area contributed by atoms with E-state index in [0.29, 0.717) is 15.8 Å². The maximum atomic E-state index is 12.1. The number of aryl methyl sites for hydroxylation is 1. The highest BCUT2D eigenvalue weighted by Gasteiger charge is 2.24. The molecule has 0 radical (unpaired) electrons. The molecule has 0 saturated heterocycles. The number of rotatable bonds is 5. The van der Waals surface area contributed by atoms with Crippen LogP contribution in [-0.2, 0) is 4.79 Å². The van der Waals surface area contributed by atoms with Gasteiger partial charge in [0.25, 0.3) is 0 Å². The summed E-state index contributed by atoms with van der Waals surface area (Å²) in [4.78, 5) is 16.3. The van der Waals surface area contributed by atoms with Crippen molar-refractivity contribution in [3.63, 3.8) is 0 Å². The predicted molar refractivity (Wildman–Crippen MR) is 84.9 cm³/mol. The smallest absolute Gasteiger partial charge is 0.194 e. The van der Waals surface area contributed by atoms with Crippen LogP contribution in [0.5, 0.6) is 5.75 Å². The summed E-state index contributed by atoms with van der Waals surface area (Å²) in [6.07, 6.45) is 0. The molecule has 1 heterocycles. The second-order valence-electron chi connectivity index (χ2n) is 4.22. The molecule has 0 N–H and O–H groups in total. The van der Waals surface area contributed by atoms with Gasteiger partial charge in [0.1, 0.15) is 17.4 Å². The molecule has 0 amide bonds. The number of thiazole rings is 1. The van der Waals surface area contributed by atoms with Crippen molar-refractivity contribution in [3.8, 4) is 11.8 Å². The molecule has 0 fully saturated rings. The van der Waals surface area contributed by atoms with E-state index >= 15 is 0 Å². The van der Waals surface area contributed by atoms with Crippen molar-refractivity contribution in [2.45, 2.75) is 12.8 Å². The lowest BCUT2D eigenvalue weighted by Crippen LogP contribution is -2.19. The molecule has 0 spiro atoms. The van der Waals surface area contributed by atoms with Gasteiger partial charge >= 0.3 is 0 Å². The van der Waals surface area contributed by atoms with Gasteiger partial charge in [-0.3, -0.25) is 4.79 Å². The number of Topliss-reactive ketones (excluding diaryl/α,β-unsaturated/α-hetero) is 1. The Morgan fingerprint density at radius 3 is 2.95 bits per heavy atom. The average molecular weight is 386 g/mol. The fourth-order valence-electron chi connectivity index (χ4n) is 1.59. The lowest BCUT2D eigenvalue weighted by Gasteiger charge is -2.09. The van der Waals surface area contributed by atoms with E-state index in [4.69, 9.17) is 21.6 Å². The second kappa shape index (κ2) is 7.03. The molecular formula is C14H10BrClN2O2S. The van der Waals surface area contributed by atoms with E-state index in [2.05, 4.69) is 20.9 Å². The minimum Gasteiger partial charge on any atom is -0.484 e. The van der Waals surface area contributed by atoms with Crippen molar-refractivity contribution in [3.05, 3.63) is 43.8 Å². The van der Waals surface area contributed by atoms with Crippen LogP contribution in [-0.4, -0.2) is 17.4 Å². The molecule has 4 nitrogen and oxygen atoms in total. The van der Waals surface area contributed by atoms with Crippen molar-refractivity contribution in [1.82, 2.24) is 4.98 Å². The number of hydrogen-bond acceptors (Lipinski definition) is 5. The van der Waals surface area contributed by atoms with Gasteiger partial charge in [-0.2, -0.15) is 5.26 Å². The number of ether oxygens (including phenoxy) is 1. The molecule has 2 rings (SSSR count). The van der Waals surface area contributed by atoms with Gasteiger partial charge in [-0.25, -0.2) is 4.98 Å². The first-order valence-corrected chi connectivity index (χ1v) is 7.98. The van der Waals surface area contributed by atoms with E-state index in [0.717, 1.165) is 10.2 Å². The van der Waals surface area contributed by atoms with Gasteiger partial charge in [0.2, 0.25) is 0 Å². The van der Waals surface area contributed by atoms with Gasteiger partial charge in [-0.1, -0.05) is 27.5 Å². The summed E-state index contributed by atoms with van der Waals surface area (Å²) < 4.78 is 6.21. The number of nitrogens with zero attached hydrogens (tertiary/aromatic N) is 2. The van der Waals surface area contributed by atoms with Crippen molar-refractivity contribution in [2.24, 2.45) is 0 Å². The number of ketones is 1. The van der Waals surface area contributed by atoms with Crippen LogP contribution < -0.4 is 4.74 Å². The van der Waals surface area contributed by atoms with Gasteiger partial charge in [0, 0.05) is 15.5 Å². The van der Waals surface area contributed by atoms with E-state index in [1.807, 2.05) is 13.0 Å². The van der Waals surface area contributed by atoms with Gasteiger partial charge in [0.05, 0.1) is 11.1 Å². The number of aromatic nitrogens is 1. The van der Waals surface area contributed by atoms with Crippen LogP contribution >= 0.6 is 38.9 Å². The third-order valence-corrected chi connectivity index (χ3v) is 4.41. The van der Waals surface area contributed by atoms with Crippen LogP contribution in [0.1, 0.15) is 16.6 Å². The molecule has 0 aliphatic rings. The molecule has 2 aromatic rings. The Morgan fingerprint density at radius 2 is 2.38 bits per heavy atom. The molecule has 7 heteroatoms. The molecule has 1 aromatic carbocycles. The predicted octanol–water partition coefficient (Wildman–Crippen LogP) is 4.12. The van der Waals surface area contributed by atoms with E-state index in [1.165, 1.54) is 11.3 Å². The maximum Gasteiger partial charge on any atom is 0.194 e. The zero-order valence-corrected chi connectivity index (χ0v) is 14.1. The highest BCUT2D eigenvalue weighted by molar-refractivity contribution is 9.10. The first kappa shape index (κ1) is 16.0. The first-order chi connectivity index (χ1) is 10.0. The Balaban J connectivity index is 2.05. The van der Waals surface area contributed by atoms with Crippen molar-refractivity contribution in [2.75, 3.05) is 6.61 Å². The molecule has 0 saturated carbocycles. The quantitative estimate of drug-likeness (QED) is 0.776. The summed E-state index contributed by atoms with van der Waals surface area (Å²) in [6, 6.07) is 7.07. The number of halogens is 2. The highest BCUT2D eigenvalue weighted by atomic mass is 79.9. The van der Waals surface area contributed by atoms with Crippen LogP contribution in [0.25, 0.3) is 0 Å². The van der Waals surface area contributed by atoms with Crippen LogP contribution in [0, 0.1) is 18.3 Å². The number of carbonyl (C=O) groups is 1. The Bertz CT molecular complexity index is 711. The molecule has 21 heavy (non-hydrogen) atoms. The van der Waals surface area contributed by atoms with Crippen molar-refractivity contribution in [1.29, 1.82) is 5.26 Å². The maximum absolute atomic E-state index is 12.1. The number of nitriles is 1. The zero-order chi connectivity index (χ0) is 15.4. The highest BCUT2D eigenvalue weighted by Crippen LogP contribution is 2.28. The van der Waals surface area contributed by atoms with Crippen LogP contribution in [0.4, 0.5) is 0 Å². The van der Waals surface area contributed by atoms with Gasteiger partial charge in [0.15, 0.2) is 11.7 Å². The monoisotopic (exact) mass is 384 g/mol. The molecule has 1 atom stereocenters. The Kier molecular flexibility index (Phi) is 5.34. The molecule has 1 aromatic heterocycles. The minimum atomic E-state index is -0.905. The van der Waals surface area contributed by atoms with E-state index < -0.39 is 5.92 Å².